The van der Waals surface area contributed by atoms with Crippen LogP contribution in [0.1, 0.15) is 19.8 Å². The van der Waals surface area contributed by atoms with Gasteiger partial charge < -0.3 is 4.74 Å². The first-order chi connectivity index (χ1) is 8.31. The van der Waals surface area contributed by atoms with Gasteiger partial charge >= 0.3 is 0 Å². The second-order valence-electron chi connectivity index (χ2n) is 3.98. The highest BCUT2D eigenvalue weighted by molar-refractivity contribution is 5.96. The number of rotatable bonds is 4. The standard InChI is InChI=1S/C15H16O2/c1-2-14(16)13-10-6-7-11-15(13)17-12-8-4-3-5-9-12/h3-10,15H,2,11H2,1H3. The fraction of sp³-hybridized carbons (Fsp3) is 0.267. The summed E-state index contributed by atoms with van der Waals surface area (Å²) in [6.07, 6.45) is 6.95. The van der Waals surface area contributed by atoms with Crippen molar-refractivity contribution in [3.63, 3.8) is 0 Å². The van der Waals surface area contributed by atoms with Crippen LogP contribution in [0.2, 0.25) is 0 Å². The van der Waals surface area contributed by atoms with E-state index in [9.17, 15) is 4.79 Å². The Bertz CT molecular complexity index is 443. The number of ketones is 1. The van der Waals surface area contributed by atoms with Crippen LogP contribution in [-0.4, -0.2) is 11.9 Å². The average Bonchev–Trinajstić information content (AvgIpc) is 2.40. The zero-order valence-electron chi connectivity index (χ0n) is 9.93. The predicted octanol–water partition coefficient (Wildman–Crippen LogP) is 3.30. The maximum absolute atomic E-state index is 11.8. The zero-order chi connectivity index (χ0) is 12.1. The van der Waals surface area contributed by atoms with E-state index in [1.54, 1.807) is 0 Å². The Morgan fingerprint density at radius 3 is 2.82 bits per heavy atom. The van der Waals surface area contributed by atoms with Gasteiger partial charge in [-0.25, -0.2) is 0 Å². The van der Waals surface area contributed by atoms with Crippen LogP contribution in [0.25, 0.3) is 0 Å². The molecule has 88 valence electrons. The van der Waals surface area contributed by atoms with Crippen molar-refractivity contribution >= 4 is 5.78 Å². The van der Waals surface area contributed by atoms with Crippen LogP contribution in [0.3, 0.4) is 0 Å². The molecule has 0 saturated heterocycles. The number of hydrogen-bond donors (Lipinski definition) is 0. The second kappa shape index (κ2) is 5.48. The summed E-state index contributed by atoms with van der Waals surface area (Å²) in [6.45, 7) is 1.88. The molecule has 1 unspecified atom stereocenters. The smallest absolute Gasteiger partial charge is 0.162 e. The van der Waals surface area contributed by atoms with Crippen molar-refractivity contribution in [1.82, 2.24) is 0 Å². The fourth-order valence-electron chi connectivity index (χ4n) is 1.86. The molecule has 0 fully saturated rings. The predicted molar refractivity (Wildman–Crippen MR) is 68.0 cm³/mol. The summed E-state index contributed by atoms with van der Waals surface area (Å²) in [5.41, 5.74) is 0.777. The van der Waals surface area contributed by atoms with E-state index in [0.717, 1.165) is 17.7 Å². The third-order valence-electron chi connectivity index (χ3n) is 2.77. The number of carbonyl (C=O) groups excluding carboxylic acids is 1. The molecular formula is C15H16O2. The van der Waals surface area contributed by atoms with E-state index in [2.05, 4.69) is 0 Å². The molecule has 2 heteroatoms. The number of carbonyl (C=O) groups is 1. The minimum atomic E-state index is -0.144. The lowest BCUT2D eigenvalue weighted by Gasteiger charge is -2.21. The molecule has 0 heterocycles. The van der Waals surface area contributed by atoms with Gasteiger partial charge in [-0.15, -0.1) is 0 Å². The normalized spacial score (nSPS) is 18.6. The quantitative estimate of drug-likeness (QED) is 0.790. The molecule has 2 nitrogen and oxygen atoms in total. The van der Waals surface area contributed by atoms with Gasteiger partial charge in [0.1, 0.15) is 11.9 Å². The monoisotopic (exact) mass is 228 g/mol. The topological polar surface area (TPSA) is 26.3 Å². The fourth-order valence-corrected chi connectivity index (χ4v) is 1.86. The summed E-state index contributed by atoms with van der Waals surface area (Å²) in [5.74, 6) is 0.970. The van der Waals surface area contributed by atoms with Gasteiger partial charge in [0.15, 0.2) is 5.78 Å². The molecule has 0 amide bonds. The lowest BCUT2D eigenvalue weighted by atomic mass is 9.96. The summed E-state index contributed by atoms with van der Waals surface area (Å²) < 4.78 is 5.85. The van der Waals surface area contributed by atoms with Gasteiger partial charge in [0, 0.05) is 18.4 Å². The van der Waals surface area contributed by atoms with Gasteiger partial charge in [-0.2, -0.15) is 0 Å². The second-order valence-corrected chi connectivity index (χ2v) is 3.98. The number of hydrogen-bond acceptors (Lipinski definition) is 2. The van der Waals surface area contributed by atoms with Crippen LogP contribution in [0, 0.1) is 0 Å². The van der Waals surface area contributed by atoms with Crippen molar-refractivity contribution in [3.8, 4) is 5.75 Å². The summed E-state index contributed by atoms with van der Waals surface area (Å²) in [6, 6.07) is 9.62. The molecule has 0 aliphatic heterocycles. The zero-order valence-corrected chi connectivity index (χ0v) is 9.93. The molecule has 0 spiro atoms. The average molecular weight is 228 g/mol. The van der Waals surface area contributed by atoms with Crippen molar-refractivity contribution in [2.75, 3.05) is 0 Å². The van der Waals surface area contributed by atoms with Crippen LogP contribution < -0.4 is 4.74 Å². The van der Waals surface area contributed by atoms with E-state index >= 15 is 0 Å². The molecule has 1 atom stereocenters. The first kappa shape index (κ1) is 11.6. The number of Topliss-reactive ketones (excluding diaryl/α,β-unsaturated/α-hetero) is 1. The number of para-hydroxylation sites is 1. The third-order valence-corrected chi connectivity index (χ3v) is 2.77. The van der Waals surface area contributed by atoms with E-state index in [4.69, 9.17) is 4.74 Å². The van der Waals surface area contributed by atoms with Crippen LogP contribution in [-0.2, 0) is 4.79 Å². The highest BCUT2D eigenvalue weighted by Gasteiger charge is 2.21. The molecule has 0 aromatic heterocycles. The maximum Gasteiger partial charge on any atom is 0.162 e. The van der Waals surface area contributed by atoms with Crippen molar-refractivity contribution in [3.05, 3.63) is 54.1 Å². The van der Waals surface area contributed by atoms with Crippen molar-refractivity contribution < 1.29 is 9.53 Å². The Balaban J connectivity index is 2.13. The van der Waals surface area contributed by atoms with Crippen LogP contribution in [0.15, 0.2) is 54.1 Å². The molecule has 1 aromatic rings. The van der Waals surface area contributed by atoms with E-state index in [1.807, 2.05) is 55.5 Å². The largest absolute Gasteiger partial charge is 0.485 e. The van der Waals surface area contributed by atoms with Gasteiger partial charge in [0.25, 0.3) is 0 Å². The molecular weight excluding hydrogens is 212 g/mol. The Morgan fingerprint density at radius 2 is 2.12 bits per heavy atom. The molecule has 1 aromatic carbocycles. The molecule has 2 rings (SSSR count). The van der Waals surface area contributed by atoms with Crippen LogP contribution in [0.5, 0.6) is 5.75 Å². The summed E-state index contributed by atoms with van der Waals surface area (Å²) in [5, 5.41) is 0. The molecule has 0 bridgehead atoms. The number of allylic oxidation sites excluding steroid dienone is 2. The Hall–Kier alpha value is -1.83. The molecule has 17 heavy (non-hydrogen) atoms. The lowest BCUT2D eigenvalue weighted by molar-refractivity contribution is -0.116. The summed E-state index contributed by atoms with van der Waals surface area (Å²) in [4.78, 5) is 11.8. The Kier molecular flexibility index (Phi) is 3.76. The molecule has 0 radical (unpaired) electrons. The van der Waals surface area contributed by atoms with Crippen LogP contribution >= 0.6 is 0 Å². The molecule has 0 N–H and O–H groups in total. The van der Waals surface area contributed by atoms with Gasteiger partial charge in [-0.1, -0.05) is 43.4 Å². The van der Waals surface area contributed by atoms with Gasteiger partial charge in [0.2, 0.25) is 0 Å². The van der Waals surface area contributed by atoms with E-state index in [-0.39, 0.29) is 11.9 Å². The minimum Gasteiger partial charge on any atom is -0.485 e. The van der Waals surface area contributed by atoms with Gasteiger partial charge in [-0.3, -0.25) is 4.79 Å². The highest BCUT2D eigenvalue weighted by Crippen LogP contribution is 2.22. The Morgan fingerprint density at radius 1 is 1.35 bits per heavy atom. The lowest BCUT2D eigenvalue weighted by Crippen LogP contribution is -2.25. The summed E-state index contributed by atoms with van der Waals surface area (Å²) in [7, 11) is 0. The van der Waals surface area contributed by atoms with Crippen LogP contribution in [0.4, 0.5) is 0 Å². The Labute approximate surface area is 102 Å². The van der Waals surface area contributed by atoms with Gasteiger partial charge in [-0.05, 0) is 12.1 Å². The highest BCUT2D eigenvalue weighted by atomic mass is 16.5. The minimum absolute atomic E-state index is 0.144. The molecule has 1 aliphatic rings. The maximum atomic E-state index is 11.8. The third kappa shape index (κ3) is 2.84. The van der Waals surface area contributed by atoms with Crippen molar-refractivity contribution in [1.29, 1.82) is 0 Å². The van der Waals surface area contributed by atoms with E-state index in [0.29, 0.717) is 6.42 Å². The first-order valence-corrected chi connectivity index (χ1v) is 5.93. The first-order valence-electron chi connectivity index (χ1n) is 5.93. The van der Waals surface area contributed by atoms with Crippen molar-refractivity contribution in [2.24, 2.45) is 0 Å². The molecule has 0 saturated carbocycles. The van der Waals surface area contributed by atoms with E-state index in [1.165, 1.54) is 0 Å². The molecule has 1 aliphatic carbocycles. The SMILES string of the molecule is CCC(=O)C1=CC=CCC1Oc1ccccc1. The summed E-state index contributed by atoms with van der Waals surface area (Å²) >= 11 is 0. The van der Waals surface area contributed by atoms with Crippen molar-refractivity contribution in [2.45, 2.75) is 25.9 Å². The number of ether oxygens (including phenoxy) is 1. The van der Waals surface area contributed by atoms with E-state index < -0.39 is 0 Å². The van der Waals surface area contributed by atoms with Gasteiger partial charge in [0.05, 0.1) is 0 Å². The number of benzene rings is 1.